The molecular formula is C21H29N5O3. The zero-order valence-electron chi connectivity index (χ0n) is 17.0. The van der Waals surface area contributed by atoms with Crippen molar-refractivity contribution in [2.24, 2.45) is 11.8 Å². The number of piperidine rings is 1. The highest BCUT2D eigenvalue weighted by molar-refractivity contribution is 5.96. The fourth-order valence-corrected chi connectivity index (χ4v) is 3.83. The van der Waals surface area contributed by atoms with Crippen LogP contribution in [0.3, 0.4) is 0 Å². The van der Waals surface area contributed by atoms with Crippen LogP contribution in [-0.2, 0) is 6.54 Å². The third kappa shape index (κ3) is 4.07. The van der Waals surface area contributed by atoms with Crippen molar-refractivity contribution in [1.29, 1.82) is 0 Å². The standard InChI is InChI=1S/C21H29N5O3/c1-13(2)12-25-19-15(4-3-14-7-9-22-10-8-14)11-23-26(19)21(29)17(20(25)28)18(27)24-16-5-6-16/h3-4,11,13-14,16,22,28H,5-10,12H2,1-2H3,(H,24,27). The lowest BCUT2D eigenvalue weighted by Crippen LogP contribution is -2.34. The van der Waals surface area contributed by atoms with Crippen LogP contribution in [0.2, 0.25) is 0 Å². The molecule has 1 saturated heterocycles. The summed E-state index contributed by atoms with van der Waals surface area (Å²) in [6.07, 6.45) is 9.74. The third-order valence-corrected chi connectivity index (χ3v) is 5.53. The molecule has 1 amide bonds. The van der Waals surface area contributed by atoms with Gasteiger partial charge in [0.25, 0.3) is 11.5 Å². The molecule has 0 radical (unpaired) electrons. The van der Waals surface area contributed by atoms with Gasteiger partial charge < -0.3 is 15.7 Å². The van der Waals surface area contributed by atoms with Crippen molar-refractivity contribution in [3.05, 3.63) is 33.8 Å². The molecule has 0 spiro atoms. The summed E-state index contributed by atoms with van der Waals surface area (Å²) in [5, 5.41) is 21.3. The van der Waals surface area contributed by atoms with Crippen LogP contribution in [0.4, 0.5) is 0 Å². The quantitative estimate of drug-likeness (QED) is 0.687. The molecule has 0 atom stereocenters. The number of rotatable bonds is 6. The Kier molecular flexibility index (Phi) is 5.45. The highest BCUT2D eigenvalue weighted by Crippen LogP contribution is 2.25. The number of fused-ring (bicyclic) bond motifs is 1. The second-order valence-electron chi connectivity index (χ2n) is 8.54. The predicted octanol–water partition coefficient (Wildman–Crippen LogP) is 1.76. The number of carbonyl (C=O) groups excluding carboxylic acids is 1. The largest absolute Gasteiger partial charge is 0.494 e. The molecule has 156 valence electrons. The van der Waals surface area contributed by atoms with Crippen LogP contribution in [0.25, 0.3) is 11.7 Å². The minimum Gasteiger partial charge on any atom is -0.494 e. The van der Waals surface area contributed by atoms with Crippen LogP contribution in [0.5, 0.6) is 5.88 Å². The summed E-state index contributed by atoms with van der Waals surface area (Å²) < 4.78 is 2.88. The molecule has 1 aliphatic carbocycles. The summed E-state index contributed by atoms with van der Waals surface area (Å²) in [6.45, 7) is 6.53. The van der Waals surface area contributed by atoms with Crippen molar-refractivity contribution in [2.75, 3.05) is 13.1 Å². The van der Waals surface area contributed by atoms with E-state index in [1.54, 1.807) is 10.8 Å². The predicted molar refractivity (Wildman–Crippen MR) is 111 cm³/mol. The van der Waals surface area contributed by atoms with Gasteiger partial charge >= 0.3 is 0 Å². The zero-order valence-corrected chi connectivity index (χ0v) is 17.0. The molecule has 0 unspecified atom stereocenters. The van der Waals surface area contributed by atoms with Gasteiger partial charge in [-0.15, -0.1) is 0 Å². The Morgan fingerprint density at radius 2 is 2.07 bits per heavy atom. The average molecular weight is 399 g/mol. The first-order valence-electron chi connectivity index (χ1n) is 10.5. The molecule has 3 N–H and O–H groups in total. The smallest absolute Gasteiger partial charge is 0.291 e. The maximum atomic E-state index is 13.0. The molecule has 3 heterocycles. The highest BCUT2D eigenvalue weighted by Gasteiger charge is 2.29. The molecule has 29 heavy (non-hydrogen) atoms. The van der Waals surface area contributed by atoms with Crippen LogP contribution in [-0.4, -0.2) is 44.3 Å². The van der Waals surface area contributed by atoms with Crippen molar-refractivity contribution in [3.63, 3.8) is 0 Å². The van der Waals surface area contributed by atoms with E-state index in [0.29, 0.717) is 18.1 Å². The lowest BCUT2D eigenvalue weighted by Gasteiger charge is -2.19. The number of aromatic hydroxyl groups is 1. The van der Waals surface area contributed by atoms with Gasteiger partial charge in [0.2, 0.25) is 5.88 Å². The van der Waals surface area contributed by atoms with Crippen LogP contribution in [0.15, 0.2) is 17.1 Å². The van der Waals surface area contributed by atoms with Crippen LogP contribution >= 0.6 is 0 Å². The molecule has 0 bridgehead atoms. The molecule has 8 heteroatoms. The summed E-state index contributed by atoms with van der Waals surface area (Å²) >= 11 is 0. The normalized spacial score (nSPS) is 18.2. The van der Waals surface area contributed by atoms with E-state index in [1.807, 2.05) is 19.9 Å². The summed E-state index contributed by atoms with van der Waals surface area (Å²) in [7, 11) is 0. The monoisotopic (exact) mass is 399 g/mol. The molecule has 2 aromatic heterocycles. The first-order chi connectivity index (χ1) is 14.0. The van der Waals surface area contributed by atoms with Crippen LogP contribution in [0.1, 0.15) is 55.5 Å². The van der Waals surface area contributed by atoms with Crippen LogP contribution < -0.4 is 16.2 Å². The Bertz CT molecular complexity index is 994. The van der Waals surface area contributed by atoms with E-state index in [9.17, 15) is 14.7 Å². The van der Waals surface area contributed by atoms with Gasteiger partial charge in [0, 0.05) is 18.2 Å². The molecule has 2 aromatic rings. The second-order valence-corrected chi connectivity index (χ2v) is 8.54. The van der Waals surface area contributed by atoms with E-state index < -0.39 is 11.5 Å². The van der Waals surface area contributed by atoms with Crippen LogP contribution in [0, 0.1) is 11.8 Å². The Morgan fingerprint density at radius 3 is 2.72 bits per heavy atom. The maximum absolute atomic E-state index is 13.0. The lowest BCUT2D eigenvalue weighted by molar-refractivity contribution is 0.0944. The van der Waals surface area contributed by atoms with E-state index in [1.165, 1.54) is 4.52 Å². The number of nitrogens with zero attached hydrogens (tertiary/aromatic N) is 3. The van der Waals surface area contributed by atoms with Gasteiger partial charge in [-0.1, -0.05) is 26.0 Å². The second kappa shape index (κ2) is 8.02. The number of nitrogens with one attached hydrogen (secondary N) is 2. The van der Waals surface area contributed by atoms with Gasteiger partial charge in [0.1, 0.15) is 5.65 Å². The van der Waals surface area contributed by atoms with Gasteiger partial charge in [-0.2, -0.15) is 9.61 Å². The van der Waals surface area contributed by atoms with Gasteiger partial charge in [-0.3, -0.25) is 14.2 Å². The van der Waals surface area contributed by atoms with Crippen molar-refractivity contribution in [3.8, 4) is 5.88 Å². The van der Waals surface area contributed by atoms with E-state index in [4.69, 9.17) is 0 Å². The highest BCUT2D eigenvalue weighted by atomic mass is 16.3. The molecular weight excluding hydrogens is 370 g/mol. The fraction of sp³-hybridized carbons (Fsp3) is 0.571. The molecule has 0 aromatic carbocycles. The van der Waals surface area contributed by atoms with Crippen molar-refractivity contribution in [2.45, 2.75) is 52.1 Å². The van der Waals surface area contributed by atoms with Gasteiger partial charge in [0.05, 0.1) is 6.20 Å². The molecule has 8 nitrogen and oxygen atoms in total. The Hall–Kier alpha value is -2.61. The van der Waals surface area contributed by atoms with Crippen molar-refractivity contribution >= 4 is 17.6 Å². The molecule has 2 aliphatic rings. The molecule has 1 saturated carbocycles. The third-order valence-electron chi connectivity index (χ3n) is 5.53. The first kappa shape index (κ1) is 19.7. The number of aromatic nitrogens is 3. The minimum atomic E-state index is -0.586. The Labute approximate surface area is 169 Å². The average Bonchev–Trinajstić information content (AvgIpc) is 3.40. The fourth-order valence-electron chi connectivity index (χ4n) is 3.83. The summed E-state index contributed by atoms with van der Waals surface area (Å²) in [4.78, 5) is 25.6. The number of carbonyl (C=O) groups is 1. The van der Waals surface area contributed by atoms with Crippen molar-refractivity contribution in [1.82, 2.24) is 24.8 Å². The number of allylic oxidation sites excluding steroid dienone is 1. The Morgan fingerprint density at radius 1 is 1.34 bits per heavy atom. The van der Waals surface area contributed by atoms with Gasteiger partial charge in [-0.25, -0.2) is 0 Å². The van der Waals surface area contributed by atoms with Gasteiger partial charge in [0.15, 0.2) is 5.56 Å². The minimum absolute atomic E-state index is 0.0941. The van der Waals surface area contributed by atoms with E-state index >= 15 is 0 Å². The Balaban J connectivity index is 1.79. The number of hydrogen-bond donors (Lipinski definition) is 3. The lowest BCUT2D eigenvalue weighted by atomic mass is 9.97. The van der Waals surface area contributed by atoms with E-state index in [-0.39, 0.29) is 23.4 Å². The van der Waals surface area contributed by atoms with Crippen molar-refractivity contribution < 1.29 is 9.90 Å². The van der Waals surface area contributed by atoms with E-state index in [2.05, 4.69) is 21.8 Å². The topological polar surface area (TPSA) is 101 Å². The summed E-state index contributed by atoms with van der Waals surface area (Å²) in [5.74, 6) is -0.126. The van der Waals surface area contributed by atoms with Gasteiger partial charge in [-0.05, 0) is 50.6 Å². The summed E-state index contributed by atoms with van der Waals surface area (Å²) in [6, 6.07) is 0.0941. The molecule has 1 aliphatic heterocycles. The number of amides is 1. The molecule has 2 fully saturated rings. The molecule has 4 rings (SSSR count). The first-order valence-corrected chi connectivity index (χ1v) is 10.5. The van der Waals surface area contributed by atoms with E-state index in [0.717, 1.165) is 44.3 Å². The SMILES string of the molecule is CC(C)Cn1c(O)c(C(=O)NC2CC2)c(=O)n2ncc(C=CC3CCNCC3)c12. The zero-order chi connectivity index (χ0) is 20.5. The number of hydrogen-bond acceptors (Lipinski definition) is 5. The summed E-state index contributed by atoms with van der Waals surface area (Å²) in [5.41, 5.74) is 0.472. The maximum Gasteiger partial charge on any atom is 0.291 e.